The fourth-order valence-electron chi connectivity index (χ4n) is 4.78. The van der Waals surface area contributed by atoms with Crippen molar-refractivity contribution in [2.75, 3.05) is 0 Å². The predicted molar refractivity (Wildman–Crippen MR) is 120 cm³/mol. The molecule has 196 valence electrons. The minimum atomic E-state index is -4.91. The molecule has 12 heteroatoms. The highest BCUT2D eigenvalue weighted by molar-refractivity contribution is 7.83. The normalized spacial score (nSPS) is 23.3. The SMILES string of the molecule is O=C(O)Cc1cc2c([nH]1)CCCC2NS(=O)C1C=CC(c2cc(C(F)(F)F)cc(C(F)(F)F)c2)CC1. The summed E-state index contributed by atoms with van der Waals surface area (Å²) in [6, 6.07) is 3.10. The third-order valence-corrected chi connectivity index (χ3v) is 7.98. The van der Waals surface area contributed by atoms with E-state index in [1.54, 1.807) is 12.1 Å². The number of alkyl halides is 6. The van der Waals surface area contributed by atoms with Gasteiger partial charge in [-0.3, -0.25) is 4.79 Å². The molecule has 0 saturated carbocycles. The van der Waals surface area contributed by atoms with Gasteiger partial charge in [-0.15, -0.1) is 0 Å². The third-order valence-electron chi connectivity index (χ3n) is 6.52. The van der Waals surface area contributed by atoms with E-state index in [-0.39, 0.29) is 30.5 Å². The fraction of sp³-hybridized carbons (Fsp3) is 0.458. The molecule has 1 heterocycles. The van der Waals surface area contributed by atoms with Crippen LogP contribution in [0.3, 0.4) is 0 Å². The molecule has 0 fully saturated rings. The van der Waals surface area contributed by atoms with Crippen molar-refractivity contribution in [1.29, 1.82) is 0 Å². The first-order chi connectivity index (χ1) is 16.8. The van der Waals surface area contributed by atoms with E-state index in [1.807, 2.05) is 0 Å². The summed E-state index contributed by atoms with van der Waals surface area (Å²) in [6.07, 6.45) is -4.04. The Labute approximate surface area is 205 Å². The van der Waals surface area contributed by atoms with Crippen molar-refractivity contribution in [3.05, 3.63) is 70.1 Å². The molecule has 0 aliphatic heterocycles. The van der Waals surface area contributed by atoms with Gasteiger partial charge in [0, 0.05) is 23.3 Å². The van der Waals surface area contributed by atoms with Crippen LogP contribution in [0.2, 0.25) is 0 Å². The Morgan fingerprint density at radius 1 is 1.00 bits per heavy atom. The number of benzene rings is 1. The number of allylic oxidation sites excluding steroid dienone is 1. The first-order valence-electron chi connectivity index (χ1n) is 11.4. The maximum absolute atomic E-state index is 13.2. The molecule has 0 bridgehead atoms. The zero-order chi connectivity index (χ0) is 26.3. The van der Waals surface area contributed by atoms with Gasteiger partial charge in [0.15, 0.2) is 0 Å². The van der Waals surface area contributed by atoms with Gasteiger partial charge >= 0.3 is 18.3 Å². The number of carboxylic acids is 1. The van der Waals surface area contributed by atoms with E-state index in [2.05, 4.69) is 9.71 Å². The molecule has 3 N–H and O–H groups in total. The largest absolute Gasteiger partial charge is 0.481 e. The summed E-state index contributed by atoms with van der Waals surface area (Å²) in [6.45, 7) is 0. The molecule has 4 rings (SSSR count). The van der Waals surface area contributed by atoms with Gasteiger partial charge in [0.05, 0.1) is 33.8 Å². The van der Waals surface area contributed by atoms with Crippen molar-refractivity contribution in [2.45, 2.75) is 68.1 Å². The first kappa shape index (κ1) is 26.5. The molecular formula is C24H24F6N2O3S. The summed E-state index contributed by atoms with van der Waals surface area (Å²) >= 11 is 0. The third kappa shape index (κ3) is 6.03. The Morgan fingerprint density at radius 2 is 1.67 bits per heavy atom. The van der Waals surface area contributed by atoms with Crippen LogP contribution in [0.25, 0.3) is 0 Å². The molecule has 2 aliphatic carbocycles. The lowest BCUT2D eigenvalue weighted by Gasteiger charge is -2.28. The van der Waals surface area contributed by atoms with Gasteiger partial charge in [-0.05, 0) is 67.5 Å². The number of nitrogens with one attached hydrogen (secondary N) is 2. The minimum Gasteiger partial charge on any atom is -0.481 e. The van der Waals surface area contributed by atoms with E-state index in [1.165, 1.54) is 6.08 Å². The summed E-state index contributed by atoms with van der Waals surface area (Å²) in [4.78, 5) is 14.1. The van der Waals surface area contributed by atoms with Crippen molar-refractivity contribution in [3.8, 4) is 0 Å². The number of aromatic amines is 1. The number of aryl methyl sites for hydroxylation is 1. The van der Waals surface area contributed by atoms with Gasteiger partial charge in [-0.1, -0.05) is 12.2 Å². The molecule has 5 nitrogen and oxygen atoms in total. The number of hydrogen-bond acceptors (Lipinski definition) is 2. The number of aromatic nitrogens is 1. The van der Waals surface area contributed by atoms with Crippen molar-refractivity contribution in [3.63, 3.8) is 0 Å². The number of aliphatic carboxylic acids is 1. The van der Waals surface area contributed by atoms with Crippen LogP contribution in [0, 0.1) is 0 Å². The molecule has 2 aromatic rings. The number of H-pyrrole nitrogens is 1. The molecule has 1 aromatic heterocycles. The number of fused-ring (bicyclic) bond motifs is 1. The van der Waals surface area contributed by atoms with Crippen molar-refractivity contribution in [1.82, 2.24) is 9.71 Å². The topological polar surface area (TPSA) is 82.2 Å². The summed E-state index contributed by atoms with van der Waals surface area (Å²) in [5.41, 5.74) is -0.458. The van der Waals surface area contributed by atoms with Gasteiger partial charge in [0.2, 0.25) is 0 Å². The molecule has 4 atom stereocenters. The lowest BCUT2D eigenvalue weighted by molar-refractivity contribution is -0.143. The van der Waals surface area contributed by atoms with E-state index < -0.39 is 51.6 Å². The van der Waals surface area contributed by atoms with Crippen molar-refractivity contribution < 1.29 is 40.5 Å². The molecule has 0 spiro atoms. The Morgan fingerprint density at radius 3 is 2.22 bits per heavy atom. The second kappa shape index (κ2) is 10.0. The van der Waals surface area contributed by atoms with Crippen LogP contribution in [0.1, 0.15) is 71.3 Å². The van der Waals surface area contributed by atoms with E-state index in [9.17, 15) is 35.3 Å². The van der Waals surface area contributed by atoms with Crippen LogP contribution < -0.4 is 4.72 Å². The van der Waals surface area contributed by atoms with Gasteiger partial charge in [-0.25, -0.2) is 8.93 Å². The fourth-order valence-corrected chi connectivity index (χ4v) is 6.07. The van der Waals surface area contributed by atoms with Gasteiger partial charge < -0.3 is 10.1 Å². The Kier molecular flexibility index (Phi) is 7.38. The Bertz CT molecular complexity index is 1160. The Balaban J connectivity index is 1.48. The molecule has 2 aliphatic rings. The maximum atomic E-state index is 13.2. The monoisotopic (exact) mass is 534 g/mol. The second-order valence-electron chi connectivity index (χ2n) is 9.11. The number of carbonyl (C=O) groups is 1. The molecule has 0 radical (unpaired) electrons. The lowest BCUT2D eigenvalue weighted by atomic mass is 9.87. The van der Waals surface area contributed by atoms with E-state index in [0.29, 0.717) is 18.5 Å². The van der Waals surface area contributed by atoms with Crippen LogP contribution in [0.15, 0.2) is 36.4 Å². The standard InChI is InChI=1S/C24H24F6N2O3S/c25-23(26,27)15-8-14(9-16(10-15)24(28,29)30)13-4-6-18(7-5-13)36(35)32-21-3-1-2-20-19(21)11-17(31-20)12-22(33)34/h4,6,8-11,13,18,21,31-32H,1-3,5,7,12H2,(H,33,34). The van der Waals surface area contributed by atoms with E-state index in [4.69, 9.17) is 5.11 Å². The van der Waals surface area contributed by atoms with Crippen LogP contribution >= 0.6 is 0 Å². The molecular weight excluding hydrogens is 510 g/mol. The zero-order valence-electron chi connectivity index (χ0n) is 18.9. The highest BCUT2D eigenvalue weighted by atomic mass is 32.2. The number of rotatable bonds is 6. The van der Waals surface area contributed by atoms with E-state index in [0.717, 1.165) is 36.2 Å². The van der Waals surface area contributed by atoms with Crippen molar-refractivity contribution in [2.24, 2.45) is 0 Å². The zero-order valence-corrected chi connectivity index (χ0v) is 19.7. The van der Waals surface area contributed by atoms with Gasteiger partial charge in [-0.2, -0.15) is 26.3 Å². The maximum Gasteiger partial charge on any atom is 0.416 e. The smallest absolute Gasteiger partial charge is 0.416 e. The Hall–Kier alpha value is -2.60. The quantitative estimate of drug-likeness (QED) is 0.323. The summed E-state index contributed by atoms with van der Waals surface area (Å²) in [5.74, 6) is -1.63. The average Bonchev–Trinajstić information content (AvgIpc) is 3.20. The highest BCUT2D eigenvalue weighted by Gasteiger charge is 2.38. The molecule has 0 saturated heterocycles. The highest BCUT2D eigenvalue weighted by Crippen LogP contribution is 2.40. The second-order valence-corrected chi connectivity index (χ2v) is 10.5. The summed E-state index contributed by atoms with van der Waals surface area (Å²) < 4.78 is 95.3. The van der Waals surface area contributed by atoms with Gasteiger partial charge in [0.25, 0.3) is 0 Å². The summed E-state index contributed by atoms with van der Waals surface area (Å²) in [5, 5.41) is 8.56. The predicted octanol–water partition coefficient (Wildman–Crippen LogP) is 5.81. The lowest BCUT2D eigenvalue weighted by Crippen LogP contribution is -2.33. The van der Waals surface area contributed by atoms with Crippen LogP contribution in [0.4, 0.5) is 26.3 Å². The number of hydrogen-bond donors (Lipinski definition) is 3. The van der Waals surface area contributed by atoms with Crippen LogP contribution in [-0.2, 0) is 41.0 Å². The van der Waals surface area contributed by atoms with Gasteiger partial charge in [0.1, 0.15) is 0 Å². The van der Waals surface area contributed by atoms with Crippen LogP contribution in [-0.4, -0.2) is 25.5 Å². The summed E-state index contributed by atoms with van der Waals surface area (Å²) in [7, 11) is -1.55. The first-order valence-corrected chi connectivity index (χ1v) is 12.6. The number of halogens is 6. The molecule has 4 unspecified atom stereocenters. The molecule has 0 amide bonds. The van der Waals surface area contributed by atoms with E-state index >= 15 is 0 Å². The van der Waals surface area contributed by atoms with Crippen LogP contribution in [0.5, 0.6) is 0 Å². The molecule has 1 aromatic carbocycles. The average molecular weight is 535 g/mol. The van der Waals surface area contributed by atoms with Crippen molar-refractivity contribution >= 4 is 17.0 Å². The number of carboxylic acid groups (broad SMARTS) is 1. The minimum absolute atomic E-state index is 0.0826. The molecule has 36 heavy (non-hydrogen) atoms.